The van der Waals surface area contributed by atoms with Gasteiger partial charge in [0.1, 0.15) is 5.75 Å². The van der Waals surface area contributed by atoms with Crippen LogP contribution in [0.15, 0.2) is 40.9 Å². The molecule has 0 saturated heterocycles. The first kappa shape index (κ1) is 15.9. The number of halogens is 2. The number of benzene rings is 2. The third-order valence-corrected chi connectivity index (χ3v) is 4.09. The van der Waals surface area contributed by atoms with E-state index in [0.29, 0.717) is 22.9 Å². The minimum Gasteiger partial charge on any atom is -0.492 e. The second kappa shape index (κ2) is 6.96. The third-order valence-electron chi connectivity index (χ3n) is 2.91. The molecule has 0 aliphatic heterocycles. The maximum absolute atomic E-state index is 12.2. The van der Waals surface area contributed by atoms with Gasteiger partial charge in [0.15, 0.2) is 0 Å². The number of carbonyl (C=O) groups is 1. The van der Waals surface area contributed by atoms with Gasteiger partial charge in [-0.05, 0) is 55.8 Å². The molecule has 0 radical (unpaired) electrons. The maximum Gasteiger partial charge on any atom is 0.255 e. The van der Waals surface area contributed by atoms with Crippen LogP contribution in [0.4, 0.5) is 5.69 Å². The molecule has 0 aliphatic rings. The van der Waals surface area contributed by atoms with Gasteiger partial charge in [0, 0.05) is 15.7 Å². The Hall–Kier alpha value is -1.52. The molecule has 1 amide bonds. The molecule has 0 aromatic heterocycles. The van der Waals surface area contributed by atoms with Gasteiger partial charge in [-0.1, -0.05) is 27.5 Å². The standard InChI is InChI=1S/C16H15BrClNO2/c1-3-21-15-7-4-11(9-14(15)18)16(20)19-12-5-6-13(17)10(2)8-12/h4-9H,3H2,1-2H3,(H,19,20). The number of hydrogen-bond acceptors (Lipinski definition) is 2. The molecule has 0 heterocycles. The molecule has 2 aromatic rings. The van der Waals surface area contributed by atoms with E-state index in [1.54, 1.807) is 18.2 Å². The molecule has 0 fully saturated rings. The number of anilines is 1. The summed E-state index contributed by atoms with van der Waals surface area (Å²) in [7, 11) is 0. The number of ether oxygens (including phenoxy) is 1. The van der Waals surface area contributed by atoms with E-state index in [4.69, 9.17) is 16.3 Å². The Kier molecular flexibility index (Phi) is 5.26. The van der Waals surface area contributed by atoms with Gasteiger partial charge >= 0.3 is 0 Å². The highest BCUT2D eigenvalue weighted by molar-refractivity contribution is 9.10. The summed E-state index contributed by atoms with van der Waals surface area (Å²) in [6.45, 7) is 4.38. The first-order chi connectivity index (χ1) is 10.0. The molecule has 2 aromatic carbocycles. The summed E-state index contributed by atoms with van der Waals surface area (Å²) in [5.74, 6) is 0.372. The number of carbonyl (C=O) groups excluding carboxylic acids is 1. The largest absolute Gasteiger partial charge is 0.492 e. The fourth-order valence-corrected chi connectivity index (χ4v) is 2.32. The number of aryl methyl sites for hydroxylation is 1. The fourth-order valence-electron chi connectivity index (χ4n) is 1.84. The Morgan fingerprint density at radius 1 is 1.29 bits per heavy atom. The van der Waals surface area contributed by atoms with Crippen molar-refractivity contribution in [2.45, 2.75) is 13.8 Å². The van der Waals surface area contributed by atoms with Crippen molar-refractivity contribution in [3.05, 3.63) is 57.0 Å². The van der Waals surface area contributed by atoms with Crippen molar-refractivity contribution in [2.24, 2.45) is 0 Å². The normalized spacial score (nSPS) is 10.3. The van der Waals surface area contributed by atoms with Gasteiger partial charge in [-0.2, -0.15) is 0 Å². The highest BCUT2D eigenvalue weighted by Crippen LogP contribution is 2.26. The zero-order chi connectivity index (χ0) is 15.4. The highest BCUT2D eigenvalue weighted by Gasteiger charge is 2.10. The summed E-state index contributed by atoms with van der Waals surface area (Å²) in [5, 5.41) is 3.27. The molecular formula is C16H15BrClNO2. The van der Waals surface area contributed by atoms with Gasteiger partial charge in [0.2, 0.25) is 0 Å². The van der Waals surface area contributed by atoms with Crippen molar-refractivity contribution in [1.29, 1.82) is 0 Å². The van der Waals surface area contributed by atoms with Crippen molar-refractivity contribution in [2.75, 3.05) is 11.9 Å². The average Bonchev–Trinajstić information content (AvgIpc) is 2.45. The summed E-state index contributed by atoms with van der Waals surface area (Å²) in [4.78, 5) is 12.2. The van der Waals surface area contributed by atoms with Crippen LogP contribution >= 0.6 is 27.5 Å². The lowest BCUT2D eigenvalue weighted by molar-refractivity contribution is 0.102. The molecule has 0 spiro atoms. The Morgan fingerprint density at radius 2 is 2.05 bits per heavy atom. The molecule has 5 heteroatoms. The van der Waals surface area contributed by atoms with Crippen LogP contribution in [0, 0.1) is 6.92 Å². The minimum atomic E-state index is -0.207. The van der Waals surface area contributed by atoms with Gasteiger partial charge in [0.25, 0.3) is 5.91 Å². The topological polar surface area (TPSA) is 38.3 Å². The quantitative estimate of drug-likeness (QED) is 0.819. The Morgan fingerprint density at radius 3 is 2.67 bits per heavy atom. The zero-order valence-electron chi connectivity index (χ0n) is 11.7. The van der Waals surface area contributed by atoms with Crippen molar-refractivity contribution < 1.29 is 9.53 Å². The van der Waals surface area contributed by atoms with Crippen LogP contribution in [-0.4, -0.2) is 12.5 Å². The summed E-state index contributed by atoms with van der Waals surface area (Å²) >= 11 is 9.52. The molecule has 3 nitrogen and oxygen atoms in total. The van der Waals surface area contributed by atoms with Crippen molar-refractivity contribution in [3.63, 3.8) is 0 Å². The van der Waals surface area contributed by atoms with E-state index >= 15 is 0 Å². The predicted octanol–water partition coefficient (Wildman–Crippen LogP) is 5.06. The lowest BCUT2D eigenvalue weighted by Gasteiger charge is -2.09. The molecule has 1 N–H and O–H groups in total. The van der Waals surface area contributed by atoms with Crippen LogP contribution in [0.5, 0.6) is 5.75 Å². The van der Waals surface area contributed by atoms with Gasteiger partial charge < -0.3 is 10.1 Å². The third kappa shape index (κ3) is 3.99. The van der Waals surface area contributed by atoms with Gasteiger partial charge in [-0.3, -0.25) is 4.79 Å². The smallest absolute Gasteiger partial charge is 0.255 e. The van der Waals surface area contributed by atoms with Crippen LogP contribution in [0.25, 0.3) is 0 Å². The second-order valence-electron chi connectivity index (χ2n) is 4.50. The monoisotopic (exact) mass is 367 g/mol. The van der Waals surface area contributed by atoms with E-state index in [-0.39, 0.29) is 5.91 Å². The molecule has 0 saturated carbocycles. The predicted molar refractivity (Wildman–Crippen MR) is 89.5 cm³/mol. The van der Waals surface area contributed by atoms with Crippen LogP contribution in [0.1, 0.15) is 22.8 Å². The first-order valence-electron chi connectivity index (χ1n) is 6.51. The van der Waals surface area contributed by atoms with E-state index in [1.165, 1.54) is 0 Å². The van der Waals surface area contributed by atoms with Gasteiger partial charge in [0.05, 0.1) is 11.6 Å². The summed E-state index contributed by atoms with van der Waals surface area (Å²) in [6, 6.07) is 10.6. The van der Waals surface area contributed by atoms with E-state index in [0.717, 1.165) is 15.7 Å². The highest BCUT2D eigenvalue weighted by atomic mass is 79.9. The Balaban J connectivity index is 2.16. The SMILES string of the molecule is CCOc1ccc(C(=O)Nc2ccc(Br)c(C)c2)cc1Cl. The molecule has 2 rings (SSSR count). The molecular weight excluding hydrogens is 354 g/mol. The number of rotatable bonds is 4. The van der Waals surface area contributed by atoms with Crippen molar-refractivity contribution in [3.8, 4) is 5.75 Å². The molecule has 0 aliphatic carbocycles. The summed E-state index contributed by atoms with van der Waals surface area (Å²) < 4.78 is 6.35. The van der Waals surface area contributed by atoms with E-state index in [1.807, 2.05) is 32.0 Å². The van der Waals surface area contributed by atoms with Gasteiger partial charge in [-0.25, -0.2) is 0 Å². The molecule has 21 heavy (non-hydrogen) atoms. The Bertz CT molecular complexity index is 673. The minimum absolute atomic E-state index is 0.207. The fraction of sp³-hybridized carbons (Fsp3) is 0.188. The van der Waals surface area contributed by atoms with E-state index in [2.05, 4.69) is 21.2 Å². The summed E-state index contributed by atoms with van der Waals surface area (Å²) in [6.07, 6.45) is 0. The van der Waals surface area contributed by atoms with Crippen LogP contribution in [0.3, 0.4) is 0 Å². The lowest BCUT2D eigenvalue weighted by Crippen LogP contribution is -2.12. The number of nitrogens with one attached hydrogen (secondary N) is 1. The van der Waals surface area contributed by atoms with Crippen LogP contribution < -0.4 is 10.1 Å². The summed E-state index contributed by atoms with van der Waals surface area (Å²) in [5.41, 5.74) is 2.28. The second-order valence-corrected chi connectivity index (χ2v) is 5.76. The van der Waals surface area contributed by atoms with Crippen LogP contribution in [-0.2, 0) is 0 Å². The molecule has 110 valence electrons. The first-order valence-corrected chi connectivity index (χ1v) is 7.68. The van der Waals surface area contributed by atoms with E-state index < -0.39 is 0 Å². The van der Waals surface area contributed by atoms with Crippen molar-refractivity contribution in [1.82, 2.24) is 0 Å². The zero-order valence-corrected chi connectivity index (χ0v) is 14.1. The average molecular weight is 369 g/mol. The number of hydrogen-bond donors (Lipinski definition) is 1. The van der Waals surface area contributed by atoms with Crippen molar-refractivity contribution >= 4 is 39.1 Å². The van der Waals surface area contributed by atoms with E-state index in [9.17, 15) is 4.79 Å². The van der Waals surface area contributed by atoms with Crippen LogP contribution in [0.2, 0.25) is 5.02 Å². The maximum atomic E-state index is 12.2. The molecule has 0 bridgehead atoms. The molecule has 0 unspecified atom stereocenters. The Labute approximate surface area is 137 Å². The number of amides is 1. The van der Waals surface area contributed by atoms with Gasteiger partial charge in [-0.15, -0.1) is 0 Å². The lowest BCUT2D eigenvalue weighted by atomic mass is 10.2. The molecule has 0 atom stereocenters.